The van der Waals surface area contributed by atoms with E-state index in [0.717, 1.165) is 11.3 Å². The number of aryl methyl sites for hydroxylation is 1. The average Bonchev–Trinajstić information content (AvgIpc) is 2.96. The van der Waals surface area contributed by atoms with Gasteiger partial charge in [0.05, 0.1) is 5.69 Å². The highest BCUT2D eigenvalue weighted by molar-refractivity contribution is 5.93. The van der Waals surface area contributed by atoms with Gasteiger partial charge in [0, 0.05) is 13.1 Å². The summed E-state index contributed by atoms with van der Waals surface area (Å²) in [4.78, 5) is 12.1. The lowest BCUT2D eigenvalue weighted by molar-refractivity contribution is 0.0952. The van der Waals surface area contributed by atoms with E-state index in [2.05, 4.69) is 62.0 Å². The Morgan fingerprint density at radius 2 is 1.96 bits per heavy atom. The number of aromatic nitrogens is 2. The maximum Gasteiger partial charge on any atom is 0.272 e. The molecule has 0 aliphatic heterocycles. The molecule has 122 valence electrons. The molecule has 0 radical (unpaired) electrons. The highest BCUT2D eigenvalue weighted by atomic mass is 16.1. The van der Waals surface area contributed by atoms with E-state index in [1.807, 2.05) is 17.7 Å². The number of hydrogen-bond donors (Lipinski definition) is 1. The van der Waals surface area contributed by atoms with Crippen molar-refractivity contribution in [1.29, 1.82) is 0 Å². The molecule has 0 fully saturated rings. The number of benzene rings is 1. The van der Waals surface area contributed by atoms with Crippen LogP contribution < -0.4 is 5.32 Å². The lowest BCUT2D eigenvalue weighted by atomic mass is 9.86. The molecule has 1 amide bonds. The van der Waals surface area contributed by atoms with E-state index in [9.17, 15) is 4.79 Å². The van der Waals surface area contributed by atoms with Crippen LogP contribution in [0.5, 0.6) is 0 Å². The Morgan fingerprint density at radius 3 is 2.48 bits per heavy atom. The first-order valence-corrected chi connectivity index (χ1v) is 7.94. The van der Waals surface area contributed by atoms with E-state index in [1.54, 1.807) is 6.08 Å². The van der Waals surface area contributed by atoms with Crippen molar-refractivity contribution in [3.8, 4) is 11.3 Å². The molecule has 2 rings (SSSR count). The van der Waals surface area contributed by atoms with Crippen LogP contribution in [-0.2, 0) is 12.0 Å². The quantitative estimate of drug-likeness (QED) is 0.854. The van der Waals surface area contributed by atoms with Crippen molar-refractivity contribution in [1.82, 2.24) is 15.1 Å². The van der Waals surface area contributed by atoms with Crippen LogP contribution in [0.1, 0.15) is 43.7 Å². The molecule has 0 atom stereocenters. The van der Waals surface area contributed by atoms with Crippen LogP contribution >= 0.6 is 0 Å². The van der Waals surface area contributed by atoms with Crippen LogP contribution in [-0.4, -0.2) is 22.2 Å². The molecule has 1 N–H and O–H groups in total. The molecule has 1 aromatic carbocycles. The van der Waals surface area contributed by atoms with E-state index in [4.69, 9.17) is 0 Å². The summed E-state index contributed by atoms with van der Waals surface area (Å²) in [5, 5.41) is 7.16. The first-order chi connectivity index (χ1) is 10.9. The molecule has 0 aliphatic carbocycles. The Hall–Kier alpha value is -2.36. The molecule has 2 aromatic rings. The SMILES string of the molecule is C=CCNC(=O)c1cc(-c2ccc(C(C)(C)C)cc2)n(CC)n1. The molecule has 4 nitrogen and oxygen atoms in total. The minimum Gasteiger partial charge on any atom is -0.347 e. The molecule has 0 spiro atoms. The first-order valence-electron chi connectivity index (χ1n) is 7.94. The third-order valence-corrected chi connectivity index (χ3v) is 3.77. The normalized spacial score (nSPS) is 11.3. The first kappa shape index (κ1) is 17.0. The van der Waals surface area contributed by atoms with Crippen molar-refractivity contribution in [2.24, 2.45) is 0 Å². The fourth-order valence-corrected chi connectivity index (χ4v) is 2.40. The fourth-order valence-electron chi connectivity index (χ4n) is 2.40. The van der Waals surface area contributed by atoms with Crippen LogP contribution in [0, 0.1) is 0 Å². The van der Waals surface area contributed by atoms with Crippen LogP contribution in [0.3, 0.4) is 0 Å². The molecule has 4 heteroatoms. The summed E-state index contributed by atoms with van der Waals surface area (Å²) in [6.07, 6.45) is 1.65. The minimum absolute atomic E-state index is 0.124. The molecule has 0 saturated carbocycles. The van der Waals surface area contributed by atoms with E-state index in [-0.39, 0.29) is 11.3 Å². The fraction of sp³-hybridized carbons (Fsp3) is 0.368. The molecule has 1 heterocycles. The van der Waals surface area contributed by atoms with Crippen molar-refractivity contribution < 1.29 is 4.79 Å². The Bertz CT molecular complexity index is 690. The summed E-state index contributed by atoms with van der Waals surface area (Å²) in [5.74, 6) is -0.176. The average molecular weight is 311 g/mol. The number of nitrogens with zero attached hydrogens (tertiary/aromatic N) is 2. The van der Waals surface area contributed by atoms with Gasteiger partial charge in [-0.3, -0.25) is 9.48 Å². The summed E-state index contributed by atoms with van der Waals surface area (Å²) in [7, 11) is 0. The summed E-state index contributed by atoms with van der Waals surface area (Å²) in [6, 6.07) is 10.3. The number of nitrogens with one attached hydrogen (secondary N) is 1. The molecule has 0 saturated heterocycles. The number of carbonyl (C=O) groups is 1. The molecule has 0 aliphatic rings. The predicted octanol–water partition coefficient (Wildman–Crippen LogP) is 3.78. The van der Waals surface area contributed by atoms with Crippen molar-refractivity contribution in [3.05, 3.63) is 54.2 Å². The molecular weight excluding hydrogens is 286 g/mol. The summed E-state index contributed by atoms with van der Waals surface area (Å²) >= 11 is 0. The van der Waals surface area contributed by atoms with Crippen molar-refractivity contribution in [2.75, 3.05) is 6.54 Å². The maximum absolute atomic E-state index is 12.1. The number of amides is 1. The Kier molecular flexibility index (Phi) is 5.04. The van der Waals surface area contributed by atoms with E-state index < -0.39 is 0 Å². The lowest BCUT2D eigenvalue weighted by Crippen LogP contribution is -2.23. The van der Waals surface area contributed by atoms with Crippen molar-refractivity contribution in [3.63, 3.8) is 0 Å². The summed E-state index contributed by atoms with van der Waals surface area (Å²) in [5.41, 5.74) is 3.86. The highest BCUT2D eigenvalue weighted by Gasteiger charge is 2.16. The second-order valence-electron chi connectivity index (χ2n) is 6.56. The van der Waals surface area contributed by atoms with Crippen molar-refractivity contribution >= 4 is 5.91 Å². The Labute approximate surface area is 138 Å². The molecule has 23 heavy (non-hydrogen) atoms. The Morgan fingerprint density at radius 1 is 1.30 bits per heavy atom. The van der Waals surface area contributed by atoms with Gasteiger partial charge in [-0.25, -0.2) is 0 Å². The zero-order chi connectivity index (χ0) is 17.0. The second kappa shape index (κ2) is 6.82. The smallest absolute Gasteiger partial charge is 0.272 e. The number of hydrogen-bond acceptors (Lipinski definition) is 2. The van der Waals surface area contributed by atoms with Crippen LogP contribution in [0.2, 0.25) is 0 Å². The minimum atomic E-state index is -0.176. The zero-order valence-corrected chi connectivity index (χ0v) is 14.4. The zero-order valence-electron chi connectivity index (χ0n) is 14.4. The van der Waals surface area contributed by atoms with E-state index in [1.165, 1.54) is 5.56 Å². The van der Waals surface area contributed by atoms with Crippen LogP contribution in [0.25, 0.3) is 11.3 Å². The third kappa shape index (κ3) is 3.89. The van der Waals surface area contributed by atoms with Gasteiger partial charge in [-0.2, -0.15) is 5.10 Å². The second-order valence-corrected chi connectivity index (χ2v) is 6.56. The third-order valence-electron chi connectivity index (χ3n) is 3.77. The molecule has 0 bridgehead atoms. The maximum atomic E-state index is 12.1. The van der Waals surface area contributed by atoms with Gasteiger partial charge in [0.15, 0.2) is 5.69 Å². The van der Waals surface area contributed by atoms with Crippen molar-refractivity contribution in [2.45, 2.75) is 39.7 Å². The Balaban J connectivity index is 2.33. The molecule has 0 unspecified atom stereocenters. The highest BCUT2D eigenvalue weighted by Crippen LogP contribution is 2.26. The van der Waals surface area contributed by atoms with Gasteiger partial charge in [0.1, 0.15) is 0 Å². The number of rotatable bonds is 5. The van der Waals surface area contributed by atoms with Gasteiger partial charge in [0.25, 0.3) is 5.91 Å². The van der Waals surface area contributed by atoms with Crippen LogP contribution in [0.4, 0.5) is 0 Å². The van der Waals surface area contributed by atoms with Gasteiger partial charge in [-0.05, 0) is 29.5 Å². The predicted molar refractivity (Wildman–Crippen MR) is 94.6 cm³/mol. The molecule has 1 aromatic heterocycles. The molecular formula is C19H25N3O. The largest absolute Gasteiger partial charge is 0.347 e. The number of carbonyl (C=O) groups excluding carboxylic acids is 1. The summed E-state index contributed by atoms with van der Waals surface area (Å²) < 4.78 is 1.86. The topological polar surface area (TPSA) is 46.9 Å². The summed E-state index contributed by atoms with van der Waals surface area (Å²) in [6.45, 7) is 13.4. The van der Waals surface area contributed by atoms with Gasteiger partial charge in [-0.15, -0.1) is 6.58 Å². The van der Waals surface area contributed by atoms with E-state index in [0.29, 0.717) is 18.8 Å². The standard InChI is InChI=1S/C19H25N3O/c1-6-12-20-18(23)16-13-17(22(7-2)21-16)14-8-10-15(11-9-14)19(3,4)5/h6,8-11,13H,1,7,12H2,2-5H3,(H,20,23). The monoisotopic (exact) mass is 311 g/mol. The van der Waals surface area contributed by atoms with Gasteiger partial charge in [-0.1, -0.05) is 51.1 Å². The van der Waals surface area contributed by atoms with Crippen LogP contribution in [0.15, 0.2) is 43.0 Å². The lowest BCUT2D eigenvalue weighted by Gasteiger charge is -2.19. The van der Waals surface area contributed by atoms with E-state index >= 15 is 0 Å². The van der Waals surface area contributed by atoms with Gasteiger partial charge < -0.3 is 5.32 Å². The van der Waals surface area contributed by atoms with Gasteiger partial charge >= 0.3 is 0 Å². The van der Waals surface area contributed by atoms with Gasteiger partial charge in [0.2, 0.25) is 0 Å².